The first-order chi connectivity index (χ1) is 8.09. The minimum atomic E-state index is -0.872. The lowest BCUT2D eigenvalue weighted by Crippen LogP contribution is -2.45. The van der Waals surface area contributed by atoms with Crippen molar-refractivity contribution in [1.29, 1.82) is 0 Å². The average molecular weight is 240 g/mol. The molecule has 5 nitrogen and oxygen atoms in total. The number of hydrogen-bond donors (Lipinski definition) is 2. The van der Waals surface area contributed by atoms with E-state index < -0.39 is 12.0 Å². The summed E-state index contributed by atoms with van der Waals surface area (Å²) < 4.78 is 0. The van der Waals surface area contributed by atoms with E-state index in [1.165, 1.54) is 0 Å². The summed E-state index contributed by atoms with van der Waals surface area (Å²) in [4.78, 5) is 24.8. The zero-order valence-corrected chi connectivity index (χ0v) is 9.97. The van der Waals surface area contributed by atoms with E-state index in [-0.39, 0.29) is 17.9 Å². The van der Waals surface area contributed by atoms with Gasteiger partial charge in [-0.3, -0.25) is 4.79 Å². The summed E-state index contributed by atoms with van der Waals surface area (Å²) in [5.41, 5.74) is 5.81. The van der Waals surface area contributed by atoms with Crippen molar-refractivity contribution in [1.82, 2.24) is 4.90 Å². The fourth-order valence-electron chi connectivity index (χ4n) is 2.89. The van der Waals surface area contributed by atoms with E-state index in [4.69, 9.17) is 10.8 Å². The summed E-state index contributed by atoms with van der Waals surface area (Å²) in [5, 5.41) is 9.06. The second-order valence-corrected chi connectivity index (χ2v) is 5.14. The molecule has 2 aliphatic rings. The van der Waals surface area contributed by atoms with Crippen LogP contribution in [0.2, 0.25) is 0 Å². The number of likely N-dealkylation sites (tertiary alicyclic amines) is 1. The highest BCUT2D eigenvalue weighted by molar-refractivity contribution is 5.85. The maximum Gasteiger partial charge on any atom is 0.326 e. The Hall–Kier alpha value is -1.10. The molecule has 1 heterocycles. The minimum absolute atomic E-state index is 0.00486. The molecule has 17 heavy (non-hydrogen) atoms. The lowest BCUT2D eigenvalue weighted by molar-refractivity contribution is -0.150. The number of nitrogens with two attached hydrogens (primary N) is 1. The number of hydrogen-bond acceptors (Lipinski definition) is 3. The van der Waals surface area contributed by atoms with Gasteiger partial charge in [0.2, 0.25) is 5.91 Å². The van der Waals surface area contributed by atoms with E-state index >= 15 is 0 Å². The summed E-state index contributed by atoms with van der Waals surface area (Å²) in [6.45, 7) is 0.596. The summed E-state index contributed by atoms with van der Waals surface area (Å²) in [6.07, 6.45) is 4.76. The third-order valence-electron chi connectivity index (χ3n) is 3.94. The molecule has 96 valence electrons. The molecule has 0 unspecified atom stereocenters. The van der Waals surface area contributed by atoms with Crippen molar-refractivity contribution in [2.75, 3.05) is 6.54 Å². The average Bonchev–Trinajstić information content (AvgIpc) is 2.78. The Morgan fingerprint density at radius 1 is 1.12 bits per heavy atom. The largest absolute Gasteiger partial charge is 0.480 e. The molecule has 3 N–H and O–H groups in total. The van der Waals surface area contributed by atoms with Crippen LogP contribution in [-0.4, -0.2) is 40.5 Å². The first-order valence-electron chi connectivity index (χ1n) is 6.38. The third kappa shape index (κ3) is 2.60. The fourth-order valence-corrected chi connectivity index (χ4v) is 2.89. The highest BCUT2D eigenvalue weighted by Gasteiger charge is 2.37. The Morgan fingerprint density at radius 3 is 2.35 bits per heavy atom. The lowest BCUT2D eigenvalue weighted by atomic mass is 9.85. The Labute approximate surface area is 101 Å². The lowest BCUT2D eigenvalue weighted by Gasteiger charge is -2.30. The van der Waals surface area contributed by atoms with E-state index in [1.54, 1.807) is 4.90 Å². The van der Waals surface area contributed by atoms with Crippen LogP contribution in [-0.2, 0) is 9.59 Å². The predicted molar refractivity (Wildman–Crippen MR) is 62.3 cm³/mol. The highest BCUT2D eigenvalue weighted by atomic mass is 16.4. The van der Waals surface area contributed by atoms with Crippen molar-refractivity contribution in [2.45, 2.75) is 50.6 Å². The van der Waals surface area contributed by atoms with Crippen molar-refractivity contribution in [3.8, 4) is 0 Å². The first kappa shape index (κ1) is 12.4. The van der Waals surface area contributed by atoms with Crippen LogP contribution in [0.4, 0.5) is 0 Å². The number of carboxylic acid groups (broad SMARTS) is 1. The van der Waals surface area contributed by atoms with E-state index in [9.17, 15) is 9.59 Å². The Balaban J connectivity index is 1.97. The molecule has 0 aromatic carbocycles. The monoisotopic (exact) mass is 240 g/mol. The number of nitrogens with zero attached hydrogens (tertiary/aromatic N) is 1. The van der Waals surface area contributed by atoms with Gasteiger partial charge in [-0.15, -0.1) is 0 Å². The van der Waals surface area contributed by atoms with E-state index in [0.29, 0.717) is 13.0 Å². The van der Waals surface area contributed by atoms with Gasteiger partial charge in [0.25, 0.3) is 0 Å². The van der Waals surface area contributed by atoms with Gasteiger partial charge in [0, 0.05) is 18.5 Å². The molecule has 1 aliphatic carbocycles. The second kappa shape index (κ2) is 5.04. The number of rotatable bonds is 2. The Morgan fingerprint density at radius 2 is 1.76 bits per heavy atom. The van der Waals surface area contributed by atoms with Gasteiger partial charge >= 0.3 is 5.97 Å². The van der Waals surface area contributed by atoms with E-state index in [1.807, 2.05) is 0 Å². The number of amides is 1. The van der Waals surface area contributed by atoms with Gasteiger partial charge in [-0.25, -0.2) is 4.79 Å². The quantitative estimate of drug-likeness (QED) is 0.739. The van der Waals surface area contributed by atoms with Crippen LogP contribution >= 0.6 is 0 Å². The van der Waals surface area contributed by atoms with Gasteiger partial charge in [-0.1, -0.05) is 0 Å². The van der Waals surface area contributed by atoms with E-state index in [2.05, 4.69) is 0 Å². The molecule has 1 amide bonds. The molecule has 0 aromatic rings. The highest BCUT2D eigenvalue weighted by Crippen LogP contribution is 2.28. The van der Waals surface area contributed by atoms with Crippen LogP contribution in [0.5, 0.6) is 0 Å². The normalized spacial score (nSPS) is 33.7. The van der Waals surface area contributed by atoms with Gasteiger partial charge in [-0.05, 0) is 38.5 Å². The van der Waals surface area contributed by atoms with Crippen LogP contribution in [0.1, 0.15) is 38.5 Å². The molecule has 0 radical (unpaired) electrons. The molecule has 2 fully saturated rings. The van der Waals surface area contributed by atoms with Crippen molar-refractivity contribution < 1.29 is 14.7 Å². The maximum atomic E-state index is 12.2. The minimum Gasteiger partial charge on any atom is -0.480 e. The molecule has 1 saturated carbocycles. The predicted octanol–water partition coefficient (Wildman–Crippen LogP) is 0.579. The molecule has 0 bridgehead atoms. The molecule has 1 atom stereocenters. The van der Waals surface area contributed by atoms with E-state index in [0.717, 1.165) is 32.1 Å². The first-order valence-corrected chi connectivity index (χ1v) is 6.38. The number of carbonyl (C=O) groups excluding carboxylic acids is 1. The van der Waals surface area contributed by atoms with Gasteiger partial charge in [0.05, 0.1) is 0 Å². The molecule has 2 rings (SSSR count). The summed E-state index contributed by atoms with van der Waals surface area (Å²) in [7, 11) is 0. The van der Waals surface area contributed by atoms with Crippen LogP contribution < -0.4 is 5.73 Å². The number of carbonyl (C=O) groups is 2. The van der Waals surface area contributed by atoms with Crippen LogP contribution in [0.3, 0.4) is 0 Å². The van der Waals surface area contributed by atoms with Crippen LogP contribution in [0.15, 0.2) is 0 Å². The summed E-state index contributed by atoms with van der Waals surface area (Å²) in [6, 6.07) is -0.383. The molecular weight excluding hydrogens is 220 g/mol. The van der Waals surface area contributed by atoms with Gasteiger partial charge in [0.15, 0.2) is 0 Å². The zero-order chi connectivity index (χ0) is 12.4. The Bertz CT molecular complexity index is 311. The standard InChI is InChI=1S/C12H20N2O3/c13-9-5-3-8(4-6-9)11(15)14-7-1-2-10(14)12(16)17/h8-10H,1-7,13H2,(H,16,17)/t8?,9?,10-/m0/s1. The molecule has 0 aromatic heterocycles. The van der Waals surface area contributed by atoms with Gasteiger partial charge in [-0.2, -0.15) is 0 Å². The smallest absolute Gasteiger partial charge is 0.326 e. The van der Waals surface area contributed by atoms with Crippen LogP contribution in [0.25, 0.3) is 0 Å². The zero-order valence-electron chi connectivity index (χ0n) is 9.97. The van der Waals surface area contributed by atoms with Crippen molar-refractivity contribution in [2.24, 2.45) is 11.7 Å². The topological polar surface area (TPSA) is 83.6 Å². The molecule has 1 saturated heterocycles. The molecular formula is C12H20N2O3. The van der Waals surface area contributed by atoms with Gasteiger partial charge < -0.3 is 15.7 Å². The SMILES string of the molecule is NC1CCC(C(=O)N2CCC[C@H]2C(=O)O)CC1. The van der Waals surface area contributed by atoms with Crippen molar-refractivity contribution in [3.05, 3.63) is 0 Å². The molecule has 1 aliphatic heterocycles. The van der Waals surface area contributed by atoms with Crippen LogP contribution in [0, 0.1) is 5.92 Å². The second-order valence-electron chi connectivity index (χ2n) is 5.14. The number of aliphatic carboxylic acids is 1. The van der Waals surface area contributed by atoms with Crippen molar-refractivity contribution >= 4 is 11.9 Å². The summed E-state index contributed by atoms with van der Waals surface area (Å²) >= 11 is 0. The molecule has 0 spiro atoms. The fraction of sp³-hybridized carbons (Fsp3) is 0.833. The maximum absolute atomic E-state index is 12.2. The Kier molecular flexibility index (Phi) is 3.66. The number of carboxylic acids is 1. The van der Waals surface area contributed by atoms with Gasteiger partial charge in [0.1, 0.15) is 6.04 Å². The summed E-state index contributed by atoms with van der Waals surface area (Å²) in [5.74, 6) is -0.847. The van der Waals surface area contributed by atoms with Crippen molar-refractivity contribution in [3.63, 3.8) is 0 Å². The third-order valence-corrected chi connectivity index (χ3v) is 3.94. The molecule has 5 heteroatoms.